The van der Waals surface area contributed by atoms with Crippen molar-refractivity contribution in [2.24, 2.45) is 0 Å². The minimum absolute atomic E-state index is 0.0485. The Balaban J connectivity index is 2.49. The van der Waals surface area contributed by atoms with E-state index in [1.807, 2.05) is 13.8 Å². The van der Waals surface area contributed by atoms with Gasteiger partial charge in [0.1, 0.15) is 17.4 Å². The zero-order valence-electron chi connectivity index (χ0n) is 12.7. The number of nitriles is 1. The lowest BCUT2D eigenvalue weighted by Gasteiger charge is -2.15. The summed E-state index contributed by atoms with van der Waals surface area (Å²) in [5.41, 5.74) is -0.435. The van der Waals surface area contributed by atoms with E-state index >= 15 is 0 Å². The molecule has 23 heavy (non-hydrogen) atoms. The zero-order valence-corrected chi connectivity index (χ0v) is 12.7. The molecule has 2 aromatic rings. The lowest BCUT2D eigenvalue weighted by atomic mass is 10.2. The van der Waals surface area contributed by atoms with Gasteiger partial charge < -0.3 is 9.30 Å². The van der Waals surface area contributed by atoms with Crippen LogP contribution in [-0.2, 0) is 6.54 Å². The van der Waals surface area contributed by atoms with E-state index < -0.39 is 10.5 Å². The first kappa shape index (κ1) is 16.2. The highest BCUT2D eigenvalue weighted by Gasteiger charge is 2.15. The first-order chi connectivity index (χ1) is 10.9. The van der Waals surface area contributed by atoms with Gasteiger partial charge in [-0.05, 0) is 19.9 Å². The molecule has 0 saturated heterocycles. The number of para-hydroxylation sites is 1. The SMILES string of the molecule is CC(C)Oc1ccccc1Cn1cc([N+](=O)[O-])cc(C#N)c1=O. The molecule has 1 aromatic carbocycles. The number of nitro groups is 1. The highest BCUT2D eigenvalue weighted by molar-refractivity contribution is 5.39. The molecule has 1 aromatic heterocycles. The standard InChI is InChI=1S/C16H15N3O4/c1-11(2)23-15-6-4-3-5-12(15)9-18-10-14(19(21)22)7-13(8-17)16(18)20/h3-7,10-11H,9H2,1-2H3. The topological polar surface area (TPSA) is 98.2 Å². The van der Waals surface area contributed by atoms with E-state index in [1.54, 1.807) is 30.3 Å². The molecule has 0 spiro atoms. The van der Waals surface area contributed by atoms with Crippen LogP contribution in [0, 0.1) is 21.4 Å². The van der Waals surface area contributed by atoms with Gasteiger partial charge in [-0.15, -0.1) is 0 Å². The lowest BCUT2D eigenvalue weighted by molar-refractivity contribution is -0.385. The summed E-state index contributed by atoms with van der Waals surface area (Å²) < 4.78 is 6.83. The van der Waals surface area contributed by atoms with Gasteiger partial charge in [0.25, 0.3) is 11.2 Å². The monoisotopic (exact) mass is 313 g/mol. The summed E-state index contributed by atoms with van der Waals surface area (Å²) in [6.45, 7) is 3.84. The van der Waals surface area contributed by atoms with Gasteiger partial charge in [-0.3, -0.25) is 14.9 Å². The molecule has 0 aliphatic heterocycles. The van der Waals surface area contributed by atoms with Crippen molar-refractivity contribution in [1.29, 1.82) is 5.26 Å². The molecule has 0 bridgehead atoms. The summed E-state index contributed by atoms with van der Waals surface area (Å²) in [7, 11) is 0. The van der Waals surface area contributed by atoms with E-state index in [9.17, 15) is 14.9 Å². The van der Waals surface area contributed by atoms with Gasteiger partial charge in [0.2, 0.25) is 0 Å². The van der Waals surface area contributed by atoms with Crippen molar-refractivity contribution in [3.8, 4) is 11.8 Å². The Labute approximate surface area is 132 Å². The molecule has 118 valence electrons. The Morgan fingerprint density at radius 3 is 2.70 bits per heavy atom. The Bertz CT molecular complexity index is 834. The molecular formula is C16H15N3O4. The van der Waals surface area contributed by atoms with Gasteiger partial charge in [-0.1, -0.05) is 18.2 Å². The predicted octanol–water partition coefficient (Wildman–Crippen LogP) is 2.46. The Kier molecular flexibility index (Phi) is 4.76. The number of aromatic nitrogens is 1. The number of hydrogen-bond acceptors (Lipinski definition) is 5. The fourth-order valence-corrected chi connectivity index (χ4v) is 2.10. The summed E-state index contributed by atoms with van der Waals surface area (Å²) in [4.78, 5) is 22.5. The fourth-order valence-electron chi connectivity index (χ4n) is 2.10. The van der Waals surface area contributed by atoms with Gasteiger partial charge in [0, 0.05) is 11.6 Å². The average Bonchev–Trinajstić information content (AvgIpc) is 2.50. The number of hydrogen-bond donors (Lipinski definition) is 0. The molecule has 2 rings (SSSR count). The summed E-state index contributed by atoms with van der Waals surface area (Å²) in [5.74, 6) is 0.597. The molecule has 0 atom stereocenters. The number of pyridine rings is 1. The molecule has 0 saturated carbocycles. The van der Waals surface area contributed by atoms with Crippen molar-refractivity contribution >= 4 is 5.69 Å². The lowest BCUT2D eigenvalue weighted by Crippen LogP contribution is -2.23. The molecule has 7 nitrogen and oxygen atoms in total. The maximum absolute atomic E-state index is 12.2. The molecule has 0 fully saturated rings. The molecule has 0 unspecified atom stereocenters. The largest absolute Gasteiger partial charge is 0.491 e. The molecule has 1 heterocycles. The summed E-state index contributed by atoms with van der Waals surface area (Å²) >= 11 is 0. The third kappa shape index (κ3) is 3.74. The van der Waals surface area contributed by atoms with Crippen LogP contribution >= 0.6 is 0 Å². The van der Waals surface area contributed by atoms with Crippen molar-refractivity contribution in [2.75, 3.05) is 0 Å². The zero-order chi connectivity index (χ0) is 17.0. The van der Waals surface area contributed by atoms with Crippen molar-refractivity contribution in [3.63, 3.8) is 0 Å². The highest BCUT2D eigenvalue weighted by atomic mass is 16.6. The van der Waals surface area contributed by atoms with Gasteiger partial charge in [-0.2, -0.15) is 5.26 Å². The number of rotatable bonds is 5. The van der Waals surface area contributed by atoms with E-state index in [2.05, 4.69) is 0 Å². The Morgan fingerprint density at radius 2 is 2.09 bits per heavy atom. The van der Waals surface area contributed by atoms with Crippen molar-refractivity contribution in [3.05, 3.63) is 68.1 Å². The minimum atomic E-state index is -0.632. The van der Waals surface area contributed by atoms with Crippen LogP contribution in [0.5, 0.6) is 5.75 Å². The van der Waals surface area contributed by atoms with Crippen molar-refractivity contribution in [2.45, 2.75) is 26.5 Å². The highest BCUT2D eigenvalue weighted by Crippen LogP contribution is 2.21. The van der Waals surface area contributed by atoms with Crippen LogP contribution in [0.25, 0.3) is 0 Å². The van der Waals surface area contributed by atoms with Crippen LogP contribution in [0.2, 0.25) is 0 Å². The predicted molar refractivity (Wildman–Crippen MR) is 83.4 cm³/mol. The molecule has 7 heteroatoms. The van der Waals surface area contributed by atoms with E-state index in [0.717, 1.165) is 16.8 Å². The molecule has 0 radical (unpaired) electrons. The second-order valence-electron chi connectivity index (χ2n) is 5.19. The summed E-state index contributed by atoms with van der Waals surface area (Å²) in [6.07, 6.45) is 1.09. The minimum Gasteiger partial charge on any atom is -0.491 e. The smallest absolute Gasteiger partial charge is 0.287 e. The number of ether oxygens (including phenoxy) is 1. The third-order valence-corrected chi connectivity index (χ3v) is 3.08. The van der Waals surface area contributed by atoms with E-state index in [4.69, 9.17) is 10.00 Å². The van der Waals surface area contributed by atoms with Crippen molar-refractivity contribution < 1.29 is 9.66 Å². The van der Waals surface area contributed by atoms with E-state index in [1.165, 1.54) is 0 Å². The maximum atomic E-state index is 12.2. The van der Waals surface area contributed by atoms with E-state index in [0.29, 0.717) is 11.3 Å². The Morgan fingerprint density at radius 1 is 1.39 bits per heavy atom. The fraction of sp³-hybridized carbons (Fsp3) is 0.250. The second-order valence-corrected chi connectivity index (χ2v) is 5.19. The van der Waals surface area contributed by atoms with Gasteiger partial charge in [-0.25, -0.2) is 0 Å². The van der Waals surface area contributed by atoms with Crippen LogP contribution in [0.15, 0.2) is 41.3 Å². The normalized spacial score (nSPS) is 10.3. The molecule has 0 aliphatic rings. The summed E-state index contributed by atoms with van der Waals surface area (Å²) in [5, 5.41) is 19.9. The summed E-state index contributed by atoms with van der Waals surface area (Å²) in [6, 6.07) is 9.81. The van der Waals surface area contributed by atoms with Crippen LogP contribution in [-0.4, -0.2) is 15.6 Å². The van der Waals surface area contributed by atoms with Crippen LogP contribution in [0.4, 0.5) is 5.69 Å². The quantitative estimate of drug-likeness (QED) is 0.623. The molecule has 0 amide bonds. The molecular weight excluding hydrogens is 298 g/mol. The first-order valence-electron chi connectivity index (χ1n) is 6.96. The van der Waals surface area contributed by atoms with Crippen LogP contribution in [0.3, 0.4) is 0 Å². The number of nitrogens with zero attached hydrogens (tertiary/aromatic N) is 3. The van der Waals surface area contributed by atoms with E-state index in [-0.39, 0.29) is 23.9 Å². The van der Waals surface area contributed by atoms with Gasteiger partial charge >= 0.3 is 0 Å². The Hall–Kier alpha value is -3.14. The molecule has 0 N–H and O–H groups in total. The number of benzene rings is 1. The first-order valence-corrected chi connectivity index (χ1v) is 6.96. The third-order valence-electron chi connectivity index (χ3n) is 3.08. The van der Waals surface area contributed by atoms with Gasteiger partial charge in [0.05, 0.1) is 23.8 Å². The maximum Gasteiger partial charge on any atom is 0.287 e. The second kappa shape index (κ2) is 6.75. The average molecular weight is 313 g/mol. The van der Waals surface area contributed by atoms with Gasteiger partial charge in [0.15, 0.2) is 0 Å². The molecule has 0 aliphatic carbocycles. The van der Waals surface area contributed by atoms with Crippen molar-refractivity contribution in [1.82, 2.24) is 4.57 Å². The van der Waals surface area contributed by atoms with Crippen LogP contribution in [0.1, 0.15) is 25.0 Å². The van der Waals surface area contributed by atoms with Crippen LogP contribution < -0.4 is 10.3 Å².